The molecule has 11 heteroatoms. The van der Waals surface area contributed by atoms with E-state index in [9.17, 15) is 18.0 Å². The molecule has 0 heterocycles. The number of ether oxygens (including phenoxy) is 3. The molecule has 43 heavy (non-hydrogen) atoms. The highest BCUT2D eigenvalue weighted by Gasteiger charge is 2.35. The molecule has 0 bridgehead atoms. The van der Waals surface area contributed by atoms with Crippen LogP contribution in [-0.2, 0) is 26.2 Å². The number of benzene rings is 3. The first-order valence-electron chi connectivity index (χ1n) is 14.1. The maximum absolute atomic E-state index is 14.3. The zero-order chi connectivity index (χ0) is 31.6. The van der Waals surface area contributed by atoms with E-state index in [0.717, 1.165) is 9.87 Å². The molecule has 3 rings (SSSR count). The average molecular weight is 612 g/mol. The molecule has 0 aliphatic rings. The van der Waals surface area contributed by atoms with Gasteiger partial charge in [-0.2, -0.15) is 0 Å². The Hall–Kier alpha value is -4.25. The average Bonchev–Trinajstić information content (AvgIpc) is 3.03. The largest absolute Gasteiger partial charge is 0.497 e. The van der Waals surface area contributed by atoms with Crippen LogP contribution in [0.3, 0.4) is 0 Å². The summed E-state index contributed by atoms with van der Waals surface area (Å²) in [5, 5.41) is 2.97. The quantitative estimate of drug-likeness (QED) is 0.267. The van der Waals surface area contributed by atoms with Crippen molar-refractivity contribution in [1.29, 1.82) is 0 Å². The third kappa shape index (κ3) is 8.19. The van der Waals surface area contributed by atoms with Crippen molar-refractivity contribution in [2.75, 3.05) is 32.2 Å². The second-order valence-corrected chi connectivity index (χ2v) is 11.8. The highest BCUT2D eigenvalue weighted by atomic mass is 32.2. The second-order valence-electron chi connectivity index (χ2n) is 9.98. The summed E-state index contributed by atoms with van der Waals surface area (Å²) in [7, 11) is 0.157. The van der Waals surface area contributed by atoms with Gasteiger partial charge < -0.3 is 24.4 Å². The fourth-order valence-electron chi connectivity index (χ4n) is 4.55. The topological polar surface area (TPSA) is 114 Å². The summed E-state index contributed by atoms with van der Waals surface area (Å²) in [4.78, 5) is 29.2. The summed E-state index contributed by atoms with van der Waals surface area (Å²) in [5.74, 6) is 0.317. The van der Waals surface area contributed by atoms with Crippen molar-refractivity contribution in [2.24, 2.45) is 0 Å². The smallest absolute Gasteiger partial charge is 0.264 e. The molecule has 0 saturated carbocycles. The van der Waals surface area contributed by atoms with Gasteiger partial charge in [0.15, 0.2) is 0 Å². The predicted molar refractivity (Wildman–Crippen MR) is 166 cm³/mol. The second kappa shape index (κ2) is 15.3. The number of hydrogen-bond donors (Lipinski definition) is 1. The molecule has 0 aliphatic carbocycles. The predicted octanol–water partition coefficient (Wildman–Crippen LogP) is 4.63. The van der Waals surface area contributed by atoms with Gasteiger partial charge in [0.2, 0.25) is 11.8 Å². The summed E-state index contributed by atoms with van der Waals surface area (Å²) in [6.45, 7) is 5.12. The van der Waals surface area contributed by atoms with Gasteiger partial charge >= 0.3 is 0 Å². The van der Waals surface area contributed by atoms with Crippen LogP contribution in [0.25, 0.3) is 0 Å². The Morgan fingerprint density at radius 3 is 2.12 bits per heavy atom. The number of amides is 2. The van der Waals surface area contributed by atoms with Gasteiger partial charge in [0, 0.05) is 18.7 Å². The third-order valence-corrected chi connectivity index (χ3v) is 8.91. The molecule has 2 amide bonds. The van der Waals surface area contributed by atoms with Crippen LogP contribution < -0.4 is 23.8 Å². The molecule has 3 aromatic rings. The highest BCUT2D eigenvalue weighted by Crippen LogP contribution is 2.36. The first-order chi connectivity index (χ1) is 20.6. The van der Waals surface area contributed by atoms with Crippen LogP contribution in [0.4, 0.5) is 5.69 Å². The van der Waals surface area contributed by atoms with Crippen LogP contribution in [0.5, 0.6) is 17.2 Å². The summed E-state index contributed by atoms with van der Waals surface area (Å²) in [6.07, 6.45) is 1.02. The molecule has 0 unspecified atom stereocenters. The van der Waals surface area contributed by atoms with E-state index in [2.05, 4.69) is 5.32 Å². The SMILES string of the molecule is CC[C@H](C)NC(=O)[C@H](CC)N(Cc1cccc(OC)c1)C(=O)CN(c1cc(OC)ccc1OC)S(=O)(=O)c1ccccc1. The van der Waals surface area contributed by atoms with Gasteiger partial charge in [-0.05, 0) is 61.7 Å². The van der Waals surface area contributed by atoms with Gasteiger partial charge in [-0.3, -0.25) is 13.9 Å². The van der Waals surface area contributed by atoms with Crippen LogP contribution in [-0.4, -0.2) is 65.1 Å². The number of carbonyl (C=O) groups excluding carboxylic acids is 2. The van der Waals surface area contributed by atoms with E-state index in [0.29, 0.717) is 24.3 Å². The van der Waals surface area contributed by atoms with E-state index in [1.54, 1.807) is 55.6 Å². The van der Waals surface area contributed by atoms with Gasteiger partial charge in [-0.25, -0.2) is 8.42 Å². The molecular weight excluding hydrogens is 570 g/mol. The summed E-state index contributed by atoms with van der Waals surface area (Å²) in [6, 6.07) is 18.8. The normalized spacial score (nSPS) is 12.5. The number of rotatable bonds is 15. The molecule has 0 radical (unpaired) electrons. The number of anilines is 1. The standard InChI is InChI=1S/C32H41N3O7S/c1-7-23(3)33-32(37)28(8-2)34(21-24-13-12-14-25(19-24)40-4)31(36)22-35(43(38,39)27-15-10-9-11-16-27)29-20-26(41-5)17-18-30(29)42-6/h9-20,23,28H,7-8,21-22H2,1-6H3,(H,33,37)/t23-,28-/m0/s1. The minimum Gasteiger partial charge on any atom is -0.497 e. The van der Waals surface area contributed by atoms with Crippen molar-refractivity contribution in [3.63, 3.8) is 0 Å². The van der Waals surface area contributed by atoms with Crippen LogP contribution in [0.1, 0.15) is 39.2 Å². The minimum atomic E-state index is -4.27. The van der Waals surface area contributed by atoms with Crippen LogP contribution in [0.2, 0.25) is 0 Å². The fraction of sp³-hybridized carbons (Fsp3) is 0.375. The van der Waals surface area contributed by atoms with Gasteiger partial charge in [-0.1, -0.05) is 44.2 Å². The van der Waals surface area contributed by atoms with Gasteiger partial charge in [0.05, 0.1) is 31.9 Å². The van der Waals surface area contributed by atoms with Crippen molar-refractivity contribution in [3.8, 4) is 17.2 Å². The lowest BCUT2D eigenvalue weighted by Gasteiger charge is -2.34. The number of methoxy groups -OCH3 is 3. The van der Waals surface area contributed by atoms with Crippen LogP contribution >= 0.6 is 0 Å². The van der Waals surface area contributed by atoms with Crippen LogP contribution in [0, 0.1) is 0 Å². The molecule has 10 nitrogen and oxygen atoms in total. The van der Waals surface area contributed by atoms with E-state index in [1.807, 2.05) is 26.8 Å². The third-order valence-electron chi connectivity index (χ3n) is 7.14. The van der Waals surface area contributed by atoms with Crippen molar-refractivity contribution in [2.45, 2.75) is 57.1 Å². The maximum Gasteiger partial charge on any atom is 0.264 e. The van der Waals surface area contributed by atoms with E-state index < -0.39 is 28.5 Å². The molecule has 3 aromatic carbocycles. The van der Waals surface area contributed by atoms with E-state index in [4.69, 9.17) is 14.2 Å². The first kappa shape index (κ1) is 33.3. The molecule has 0 saturated heterocycles. The fourth-order valence-corrected chi connectivity index (χ4v) is 5.99. The number of nitrogens with one attached hydrogen (secondary N) is 1. The lowest BCUT2D eigenvalue weighted by atomic mass is 10.1. The Labute approximate surface area is 254 Å². The number of nitrogens with zero attached hydrogens (tertiary/aromatic N) is 2. The number of sulfonamides is 1. The molecule has 0 spiro atoms. The van der Waals surface area contributed by atoms with Crippen molar-refractivity contribution in [1.82, 2.24) is 10.2 Å². The molecular formula is C32H41N3O7S. The first-order valence-corrected chi connectivity index (χ1v) is 15.6. The van der Waals surface area contributed by atoms with Gasteiger partial charge in [-0.15, -0.1) is 0 Å². The Kier molecular flexibility index (Phi) is 11.8. The van der Waals surface area contributed by atoms with Gasteiger partial charge in [0.1, 0.15) is 29.8 Å². The molecule has 0 aliphatic heterocycles. The van der Waals surface area contributed by atoms with Gasteiger partial charge in [0.25, 0.3) is 10.0 Å². The Morgan fingerprint density at radius 1 is 0.837 bits per heavy atom. The zero-order valence-corrected chi connectivity index (χ0v) is 26.4. The maximum atomic E-state index is 14.3. The highest BCUT2D eigenvalue weighted by molar-refractivity contribution is 7.92. The zero-order valence-electron chi connectivity index (χ0n) is 25.6. The molecule has 232 valence electrons. The Morgan fingerprint density at radius 2 is 1.51 bits per heavy atom. The van der Waals surface area contributed by atoms with Crippen LogP contribution in [0.15, 0.2) is 77.7 Å². The van der Waals surface area contributed by atoms with Crippen molar-refractivity contribution >= 4 is 27.5 Å². The summed E-state index contributed by atoms with van der Waals surface area (Å²) in [5.41, 5.74) is 0.844. The Balaban J connectivity index is 2.14. The Bertz CT molecular complexity index is 1480. The summed E-state index contributed by atoms with van der Waals surface area (Å²) < 4.78 is 45.5. The minimum absolute atomic E-state index is 0.00595. The van der Waals surface area contributed by atoms with E-state index in [-0.39, 0.29) is 34.8 Å². The van der Waals surface area contributed by atoms with Crippen molar-refractivity contribution < 1.29 is 32.2 Å². The van der Waals surface area contributed by atoms with E-state index >= 15 is 0 Å². The lowest BCUT2D eigenvalue weighted by molar-refractivity contribution is -0.140. The van der Waals surface area contributed by atoms with Crippen molar-refractivity contribution in [3.05, 3.63) is 78.4 Å². The monoisotopic (exact) mass is 611 g/mol. The summed E-state index contributed by atoms with van der Waals surface area (Å²) >= 11 is 0. The number of hydrogen-bond acceptors (Lipinski definition) is 7. The van der Waals surface area contributed by atoms with E-state index in [1.165, 1.54) is 37.3 Å². The lowest BCUT2D eigenvalue weighted by Crippen LogP contribution is -2.53. The molecule has 0 aromatic heterocycles. The molecule has 1 N–H and O–H groups in total. The molecule has 2 atom stereocenters. The number of carbonyl (C=O) groups is 2. The molecule has 0 fully saturated rings.